The molecule has 20 heavy (non-hydrogen) atoms. The summed E-state index contributed by atoms with van der Waals surface area (Å²) < 4.78 is 10.2. The standard InChI is InChI=1S/C14H24N4O2/c1-18(14(17-15)16-8-5-9-19-2)11-12-6-4-7-13(10-12)20-3/h4,6-7,10H,5,8-9,11,15H2,1-3H3,(H,16,17). The van der Waals surface area contributed by atoms with E-state index in [0.717, 1.165) is 17.7 Å². The van der Waals surface area contributed by atoms with Crippen molar-refractivity contribution in [3.05, 3.63) is 29.8 Å². The second-order valence-corrected chi connectivity index (χ2v) is 4.40. The number of benzene rings is 1. The maximum Gasteiger partial charge on any atom is 0.208 e. The van der Waals surface area contributed by atoms with Crippen molar-refractivity contribution < 1.29 is 9.47 Å². The van der Waals surface area contributed by atoms with Crippen molar-refractivity contribution >= 4 is 5.96 Å². The van der Waals surface area contributed by atoms with Gasteiger partial charge in [-0.2, -0.15) is 0 Å². The van der Waals surface area contributed by atoms with Gasteiger partial charge in [0.25, 0.3) is 0 Å². The summed E-state index contributed by atoms with van der Waals surface area (Å²) in [4.78, 5) is 6.37. The molecule has 0 amide bonds. The molecule has 3 N–H and O–H groups in total. The lowest BCUT2D eigenvalue weighted by molar-refractivity contribution is 0.197. The van der Waals surface area contributed by atoms with Crippen LogP contribution in [0.5, 0.6) is 5.75 Å². The van der Waals surface area contributed by atoms with Gasteiger partial charge in [0.1, 0.15) is 5.75 Å². The van der Waals surface area contributed by atoms with Crippen LogP contribution in [0.4, 0.5) is 0 Å². The molecule has 1 rings (SSSR count). The van der Waals surface area contributed by atoms with Crippen molar-refractivity contribution in [3.63, 3.8) is 0 Å². The molecule has 0 aromatic heterocycles. The van der Waals surface area contributed by atoms with E-state index in [1.54, 1.807) is 14.2 Å². The molecule has 1 aromatic carbocycles. The van der Waals surface area contributed by atoms with Crippen molar-refractivity contribution in [2.45, 2.75) is 13.0 Å². The number of guanidine groups is 1. The first kappa shape index (κ1) is 16.3. The molecule has 6 nitrogen and oxygen atoms in total. The molecule has 0 unspecified atom stereocenters. The highest BCUT2D eigenvalue weighted by molar-refractivity contribution is 5.79. The van der Waals surface area contributed by atoms with Crippen LogP contribution in [0.25, 0.3) is 0 Å². The van der Waals surface area contributed by atoms with Gasteiger partial charge in [0.2, 0.25) is 5.96 Å². The average molecular weight is 280 g/mol. The molecule has 0 aliphatic rings. The molecule has 112 valence electrons. The number of nitrogens with zero attached hydrogens (tertiary/aromatic N) is 2. The maximum atomic E-state index is 5.52. The molecular formula is C14H24N4O2. The highest BCUT2D eigenvalue weighted by Crippen LogP contribution is 2.13. The minimum absolute atomic E-state index is 0.656. The van der Waals surface area contributed by atoms with Gasteiger partial charge < -0.3 is 14.4 Å². The number of rotatable bonds is 7. The fourth-order valence-corrected chi connectivity index (χ4v) is 1.79. The van der Waals surface area contributed by atoms with Gasteiger partial charge in [-0.25, -0.2) is 5.84 Å². The van der Waals surface area contributed by atoms with Gasteiger partial charge in [-0.05, 0) is 24.1 Å². The summed E-state index contributed by atoms with van der Waals surface area (Å²) in [7, 11) is 5.28. The van der Waals surface area contributed by atoms with Gasteiger partial charge in [-0.1, -0.05) is 12.1 Å². The van der Waals surface area contributed by atoms with E-state index in [1.165, 1.54) is 0 Å². The van der Waals surface area contributed by atoms with Crippen molar-refractivity contribution in [2.24, 2.45) is 10.8 Å². The van der Waals surface area contributed by atoms with Crippen LogP contribution < -0.4 is 16.0 Å². The number of hydrogen-bond donors (Lipinski definition) is 2. The van der Waals surface area contributed by atoms with E-state index in [2.05, 4.69) is 10.4 Å². The third kappa shape index (κ3) is 5.46. The minimum Gasteiger partial charge on any atom is -0.497 e. The van der Waals surface area contributed by atoms with Crippen LogP contribution in [-0.2, 0) is 11.3 Å². The molecule has 0 bridgehead atoms. The highest BCUT2D eigenvalue weighted by atomic mass is 16.5. The zero-order chi connectivity index (χ0) is 14.8. The average Bonchev–Trinajstić information content (AvgIpc) is 2.47. The van der Waals surface area contributed by atoms with Crippen LogP contribution in [-0.4, -0.2) is 45.3 Å². The number of aliphatic imine (C=N–C) groups is 1. The Kier molecular flexibility index (Phi) is 7.46. The maximum absolute atomic E-state index is 5.52. The third-order valence-corrected chi connectivity index (χ3v) is 2.81. The molecule has 0 saturated carbocycles. The Bertz CT molecular complexity index is 423. The SMILES string of the molecule is COCCCN=C(NN)N(C)Cc1cccc(OC)c1. The largest absolute Gasteiger partial charge is 0.497 e. The Hall–Kier alpha value is -1.79. The summed E-state index contributed by atoms with van der Waals surface area (Å²) in [6.07, 6.45) is 0.870. The number of hydrogen-bond acceptors (Lipinski definition) is 4. The molecular weight excluding hydrogens is 256 g/mol. The Morgan fingerprint density at radius 2 is 2.20 bits per heavy atom. The van der Waals surface area contributed by atoms with E-state index in [1.807, 2.05) is 36.2 Å². The second-order valence-electron chi connectivity index (χ2n) is 4.40. The van der Waals surface area contributed by atoms with Gasteiger partial charge >= 0.3 is 0 Å². The molecule has 0 saturated heterocycles. The molecule has 0 aliphatic carbocycles. The van der Waals surface area contributed by atoms with E-state index >= 15 is 0 Å². The first-order chi connectivity index (χ1) is 9.71. The van der Waals surface area contributed by atoms with Gasteiger partial charge in [0.05, 0.1) is 7.11 Å². The van der Waals surface area contributed by atoms with Gasteiger partial charge in [0.15, 0.2) is 0 Å². The second kappa shape index (κ2) is 9.17. The quantitative estimate of drug-likeness (QED) is 0.256. The number of nitrogens with two attached hydrogens (primary N) is 1. The number of nitrogens with one attached hydrogen (secondary N) is 1. The number of hydrazine groups is 1. The number of ether oxygens (including phenoxy) is 2. The van der Waals surface area contributed by atoms with Gasteiger partial charge in [0, 0.05) is 33.9 Å². The Balaban J connectivity index is 2.59. The molecule has 0 heterocycles. The fourth-order valence-electron chi connectivity index (χ4n) is 1.79. The molecule has 0 fully saturated rings. The van der Waals surface area contributed by atoms with E-state index in [0.29, 0.717) is 25.7 Å². The summed E-state index contributed by atoms with van der Waals surface area (Å²) in [5.41, 5.74) is 3.76. The molecule has 6 heteroatoms. The van der Waals surface area contributed by atoms with Crippen molar-refractivity contribution in [1.82, 2.24) is 10.3 Å². The lowest BCUT2D eigenvalue weighted by Gasteiger charge is -2.21. The summed E-state index contributed by atoms with van der Waals surface area (Å²) >= 11 is 0. The van der Waals surface area contributed by atoms with Crippen molar-refractivity contribution in [1.29, 1.82) is 0 Å². The zero-order valence-corrected chi connectivity index (χ0v) is 12.4. The van der Waals surface area contributed by atoms with E-state index in [-0.39, 0.29) is 0 Å². The highest BCUT2D eigenvalue weighted by Gasteiger charge is 2.06. The zero-order valence-electron chi connectivity index (χ0n) is 12.4. The van der Waals surface area contributed by atoms with Crippen LogP contribution in [0, 0.1) is 0 Å². The Morgan fingerprint density at radius 1 is 1.40 bits per heavy atom. The Labute approximate surface area is 120 Å². The normalized spacial score (nSPS) is 11.3. The topological polar surface area (TPSA) is 72.1 Å². The third-order valence-electron chi connectivity index (χ3n) is 2.81. The monoisotopic (exact) mass is 280 g/mol. The summed E-state index contributed by atoms with van der Waals surface area (Å²) in [5.74, 6) is 7.02. The van der Waals surface area contributed by atoms with Gasteiger partial charge in [-0.3, -0.25) is 10.4 Å². The van der Waals surface area contributed by atoms with Crippen LogP contribution in [0.2, 0.25) is 0 Å². The molecule has 1 aromatic rings. The van der Waals surface area contributed by atoms with Crippen molar-refractivity contribution in [2.75, 3.05) is 34.4 Å². The van der Waals surface area contributed by atoms with Crippen LogP contribution >= 0.6 is 0 Å². The van der Waals surface area contributed by atoms with E-state index in [4.69, 9.17) is 15.3 Å². The predicted octanol–water partition coefficient (Wildman–Crippen LogP) is 0.983. The Morgan fingerprint density at radius 3 is 2.85 bits per heavy atom. The fraction of sp³-hybridized carbons (Fsp3) is 0.500. The summed E-state index contributed by atoms with van der Waals surface area (Å²) in [6.45, 7) is 2.07. The molecule has 0 radical (unpaired) electrons. The summed E-state index contributed by atoms with van der Waals surface area (Å²) in [6, 6.07) is 7.92. The molecule has 0 spiro atoms. The molecule has 0 atom stereocenters. The molecule has 0 aliphatic heterocycles. The number of methoxy groups -OCH3 is 2. The minimum atomic E-state index is 0.656. The predicted molar refractivity (Wildman–Crippen MR) is 80.6 cm³/mol. The lowest BCUT2D eigenvalue weighted by atomic mass is 10.2. The van der Waals surface area contributed by atoms with Crippen LogP contribution in [0.15, 0.2) is 29.3 Å². The van der Waals surface area contributed by atoms with E-state index in [9.17, 15) is 0 Å². The van der Waals surface area contributed by atoms with E-state index < -0.39 is 0 Å². The first-order valence-corrected chi connectivity index (χ1v) is 6.55. The first-order valence-electron chi connectivity index (χ1n) is 6.55. The smallest absolute Gasteiger partial charge is 0.208 e. The summed E-state index contributed by atoms with van der Waals surface area (Å²) in [5, 5.41) is 0. The van der Waals surface area contributed by atoms with Crippen LogP contribution in [0.1, 0.15) is 12.0 Å². The van der Waals surface area contributed by atoms with Gasteiger partial charge in [-0.15, -0.1) is 0 Å². The van der Waals surface area contributed by atoms with Crippen LogP contribution in [0.3, 0.4) is 0 Å². The lowest BCUT2D eigenvalue weighted by Crippen LogP contribution is -2.42. The van der Waals surface area contributed by atoms with Crippen molar-refractivity contribution in [3.8, 4) is 5.75 Å².